The highest BCUT2D eigenvalue weighted by atomic mass is 35.5. The molecule has 0 bridgehead atoms. The Morgan fingerprint density at radius 3 is 2.09 bits per heavy atom. The predicted octanol–water partition coefficient (Wildman–Crippen LogP) is 4.85. The van der Waals surface area contributed by atoms with Gasteiger partial charge in [-0.15, -0.1) is 0 Å². The molecule has 0 unspecified atom stereocenters. The number of halogens is 3. The summed E-state index contributed by atoms with van der Waals surface area (Å²) in [4.78, 5) is 26.4. The third kappa shape index (κ3) is 6.78. The van der Waals surface area contributed by atoms with Crippen LogP contribution in [0.5, 0.6) is 5.75 Å². The van der Waals surface area contributed by atoms with Gasteiger partial charge in [-0.1, -0.05) is 11.6 Å². The summed E-state index contributed by atoms with van der Waals surface area (Å²) >= 11 is 5.81. The fourth-order valence-corrected chi connectivity index (χ4v) is 3.04. The lowest BCUT2D eigenvalue weighted by Crippen LogP contribution is -2.35. The Hall–Kier alpha value is -3.45. The minimum absolute atomic E-state index is 0.155. The third-order valence-corrected chi connectivity index (χ3v) is 4.79. The van der Waals surface area contributed by atoms with E-state index in [1.807, 2.05) is 0 Å². The maximum atomic E-state index is 13.3. The average Bonchev–Trinajstić information content (AvgIpc) is 2.80. The van der Waals surface area contributed by atoms with Gasteiger partial charge in [0.25, 0.3) is 11.8 Å². The minimum Gasteiger partial charge on any atom is -0.484 e. The Morgan fingerprint density at radius 2 is 1.47 bits per heavy atom. The van der Waals surface area contributed by atoms with Crippen LogP contribution in [0, 0.1) is 11.6 Å². The lowest BCUT2D eigenvalue weighted by molar-refractivity contribution is -0.123. The molecule has 3 rings (SSSR count). The quantitative estimate of drug-likeness (QED) is 0.466. The van der Waals surface area contributed by atoms with Gasteiger partial charge in [-0.2, -0.15) is 0 Å². The summed E-state index contributed by atoms with van der Waals surface area (Å²) in [5.41, 5.74) is 0.800. The molecule has 0 atom stereocenters. The van der Waals surface area contributed by atoms with Crippen molar-refractivity contribution in [2.45, 2.75) is 6.42 Å². The number of carbonyl (C=O) groups is 2. The molecule has 0 spiro atoms. The van der Waals surface area contributed by atoms with Crippen molar-refractivity contribution in [2.24, 2.45) is 0 Å². The van der Waals surface area contributed by atoms with E-state index in [9.17, 15) is 18.4 Å². The maximum absolute atomic E-state index is 13.3. The lowest BCUT2D eigenvalue weighted by Gasteiger charge is -2.23. The molecule has 8 heteroatoms. The van der Waals surface area contributed by atoms with Gasteiger partial charge in [0.2, 0.25) is 0 Å². The fourth-order valence-electron chi connectivity index (χ4n) is 2.91. The van der Waals surface area contributed by atoms with Crippen LogP contribution in [-0.4, -0.2) is 31.5 Å². The monoisotopic (exact) mass is 458 g/mol. The molecule has 0 aliphatic heterocycles. The standard InChI is InChI=1S/C24H21ClF2N2O3/c25-18-4-12-22(13-5-18)32-16-23(30)28-14-1-15-29(21-10-8-20(27)9-11-21)24(31)17-2-6-19(26)7-3-17/h2-13H,1,14-16H2,(H,28,30). The summed E-state index contributed by atoms with van der Waals surface area (Å²) in [6.45, 7) is 0.412. The first kappa shape index (κ1) is 23.2. The molecule has 0 aliphatic carbocycles. The van der Waals surface area contributed by atoms with E-state index in [2.05, 4.69) is 5.32 Å². The molecule has 0 fully saturated rings. The number of ether oxygens (including phenoxy) is 1. The van der Waals surface area contributed by atoms with E-state index in [1.54, 1.807) is 24.3 Å². The molecule has 2 amide bonds. The topological polar surface area (TPSA) is 58.6 Å². The van der Waals surface area contributed by atoms with Crippen LogP contribution in [-0.2, 0) is 4.79 Å². The molecule has 5 nitrogen and oxygen atoms in total. The van der Waals surface area contributed by atoms with E-state index in [-0.39, 0.29) is 25.0 Å². The number of hydrogen-bond acceptors (Lipinski definition) is 3. The molecule has 0 heterocycles. The first-order chi connectivity index (χ1) is 15.4. The van der Waals surface area contributed by atoms with Crippen molar-refractivity contribution in [3.63, 3.8) is 0 Å². The summed E-state index contributed by atoms with van der Waals surface area (Å²) in [5.74, 6) is -1.00. The summed E-state index contributed by atoms with van der Waals surface area (Å²) in [5, 5.41) is 3.30. The smallest absolute Gasteiger partial charge is 0.258 e. The van der Waals surface area contributed by atoms with Crippen molar-refractivity contribution in [1.82, 2.24) is 5.32 Å². The van der Waals surface area contributed by atoms with E-state index in [0.717, 1.165) is 0 Å². The van der Waals surface area contributed by atoms with Gasteiger partial charge in [-0.25, -0.2) is 8.78 Å². The summed E-state index contributed by atoms with van der Waals surface area (Å²) in [6.07, 6.45) is 0.441. The van der Waals surface area contributed by atoms with Crippen LogP contribution in [0.15, 0.2) is 72.8 Å². The highest BCUT2D eigenvalue weighted by Crippen LogP contribution is 2.19. The Kier molecular flexibility index (Phi) is 8.16. The molecule has 32 heavy (non-hydrogen) atoms. The van der Waals surface area contributed by atoms with Gasteiger partial charge in [0.1, 0.15) is 17.4 Å². The second-order valence-electron chi connectivity index (χ2n) is 6.89. The average molecular weight is 459 g/mol. The molecule has 0 aliphatic rings. The van der Waals surface area contributed by atoms with Gasteiger partial charge in [-0.3, -0.25) is 9.59 Å². The Bertz CT molecular complexity index is 1040. The number of anilines is 1. The van der Waals surface area contributed by atoms with Crippen molar-refractivity contribution in [3.8, 4) is 5.75 Å². The van der Waals surface area contributed by atoms with Gasteiger partial charge >= 0.3 is 0 Å². The van der Waals surface area contributed by atoms with E-state index in [4.69, 9.17) is 16.3 Å². The number of hydrogen-bond donors (Lipinski definition) is 1. The first-order valence-corrected chi connectivity index (χ1v) is 10.3. The number of nitrogens with zero attached hydrogens (tertiary/aromatic N) is 1. The van der Waals surface area contributed by atoms with E-state index < -0.39 is 11.6 Å². The minimum atomic E-state index is -0.446. The second kappa shape index (κ2) is 11.2. The van der Waals surface area contributed by atoms with E-state index in [1.165, 1.54) is 53.4 Å². The summed E-state index contributed by atoms with van der Waals surface area (Å²) in [7, 11) is 0. The molecule has 3 aromatic rings. The maximum Gasteiger partial charge on any atom is 0.258 e. The first-order valence-electron chi connectivity index (χ1n) is 9.90. The van der Waals surface area contributed by atoms with Gasteiger partial charge in [-0.05, 0) is 79.2 Å². The summed E-state index contributed by atoms with van der Waals surface area (Å²) in [6, 6.07) is 17.4. The molecular weight excluding hydrogens is 438 g/mol. The molecule has 0 aromatic heterocycles. The Balaban J connectivity index is 1.54. The molecule has 0 saturated carbocycles. The Labute approximate surface area is 189 Å². The van der Waals surface area contributed by atoms with Crippen molar-refractivity contribution in [1.29, 1.82) is 0 Å². The number of nitrogens with one attached hydrogen (secondary N) is 1. The zero-order chi connectivity index (χ0) is 22.9. The zero-order valence-corrected chi connectivity index (χ0v) is 17.8. The Morgan fingerprint density at radius 1 is 0.875 bits per heavy atom. The molecule has 1 N–H and O–H groups in total. The number of amides is 2. The normalized spacial score (nSPS) is 10.5. The number of benzene rings is 3. The largest absolute Gasteiger partial charge is 0.484 e. The van der Waals surface area contributed by atoms with Gasteiger partial charge in [0, 0.05) is 29.4 Å². The van der Waals surface area contributed by atoms with Crippen molar-refractivity contribution in [2.75, 3.05) is 24.6 Å². The highest BCUT2D eigenvalue weighted by Gasteiger charge is 2.18. The molecule has 166 valence electrons. The van der Waals surface area contributed by atoms with Crippen LogP contribution in [0.4, 0.5) is 14.5 Å². The van der Waals surface area contributed by atoms with Gasteiger partial charge < -0.3 is 15.0 Å². The molecular formula is C24H21ClF2N2O3. The lowest BCUT2D eigenvalue weighted by atomic mass is 10.1. The van der Waals surface area contributed by atoms with E-state index in [0.29, 0.717) is 35.0 Å². The zero-order valence-electron chi connectivity index (χ0n) is 17.1. The second-order valence-corrected chi connectivity index (χ2v) is 7.32. The van der Waals surface area contributed by atoms with Crippen molar-refractivity contribution >= 4 is 29.1 Å². The van der Waals surface area contributed by atoms with E-state index >= 15 is 0 Å². The van der Waals surface area contributed by atoms with Crippen LogP contribution in [0.1, 0.15) is 16.8 Å². The van der Waals surface area contributed by atoms with Crippen LogP contribution in [0.2, 0.25) is 5.02 Å². The van der Waals surface area contributed by atoms with Crippen LogP contribution < -0.4 is 15.0 Å². The predicted molar refractivity (Wildman–Crippen MR) is 119 cm³/mol. The van der Waals surface area contributed by atoms with Crippen molar-refractivity contribution in [3.05, 3.63) is 95.0 Å². The highest BCUT2D eigenvalue weighted by molar-refractivity contribution is 6.30. The summed E-state index contributed by atoms with van der Waals surface area (Å²) < 4.78 is 31.9. The van der Waals surface area contributed by atoms with Crippen LogP contribution in [0.3, 0.4) is 0 Å². The molecule has 3 aromatic carbocycles. The SMILES string of the molecule is O=C(COc1ccc(Cl)cc1)NCCCN(C(=O)c1ccc(F)cc1)c1ccc(F)cc1. The molecule has 0 radical (unpaired) electrons. The van der Waals surface area contributed by atoms with Gasteiger partial charge in [0.15, 0.2) is 6.61 Å². The van der Waals surface area contributed by atoms with Crippen molar-refractivity contribution < 1.29 is 23.1 Å². The van der Waals surface area contributed by atoms with Crippen LogP contribution >= 0.6 is 11.6 Å². The van der Waals surface area contributed by atoms with Gasteiger partial charge in [0.05, 0.1) is 0 Å². The van der Waals surface area contributed by atoms with Crippen LogP contribution in [0.25, 0.3) is 0 Å². The number of rotatable bonds is 9. The third-order valence-electron chi connectivity index (χ3n) is 4.54. The number of carbonyl (C=O) groups excluding carboxylic acids is 2. The fraction of sp³-hybridized carbons (Fsp3) is 0.167. The molecule has 0 saturated heterocycles.